The molecule has 0 fully saturated rings. The highest BCUT2D eigenvalue weighted by Crippen LogP contribution is 2.17. The minimum Gasteiger partial charge on any atom is -0.462 e. The number of nitrogens with zero attached hydrogens (tertiary/aromatic N) is 2. The summed E-state index contributed by atoms with van der Waals surface area (Å²) in [5.74, 6) is -0.290. The standard InChI is InChI=1S/C14H15ClN4O3/c1-3-22-13(20)11-8-16-19(2)12(11)18-14(21)17-10-6-4-9(15)5-7-10/h4-8H,3H2,1-2H3,(H2,17,18,21). The number of aromatic nitrogens is 2. The first-order valence-electron chi connectivity index (χ1n) is 6.54. The molecule has 2 aromatic rings. The molecule has 2 amide bonds. The molecule has 7 nitrogen and oxygen atoms in total. The molecule has 22 heavy (non-hydrogen) atoms. The van der Waals surface area contributed by atoms with Crippen LogP contribution in [0.3, 0.4) is 0 Å². The summed E-state index contributed by atoms with van der Waals surface area (Å²) in [4.78, 5) is 23.8. The van der Waals surface area contributed by atoms with Crippen LogP contribution in [0, 0.1) is 0 Å². The van der Waals surface area contributed by atoms with E-state index in [4.69, 9.17) is 16.3 Å². The predicted octanol–water partition coefficient (Wildman–Crippen LogP) is 2.89. The third kappa shape index (κ3) is 3.76. The molecule has 116 valence electrons. The number of carbonyl (C=O) groups excluding carboxylic acids is 2. The van der Waals surface area contributed by atoms with Gasteiger partial charge in [0, 0.05) is 17.8 Å². The predicted molar refractivity (Wildman–Crippen MR) is 83.3 cm³/mol. The lowest BCUT2D eigenvalue weighted by Gasteiger charge is -2.09. The van der Waals surface area contributed by atoms with Crippen LogP contribution in [-0.2, 0) is 11.8 Å². The number of esters is 1. The summed E-state index contributed by atoms with van der Waals surface area (Å²) in [5.41, 5.74) is 0.761. The molecule has 0 bridgehead atoms. The van der Waals surface area contributed by atoms with E-state index in [1.54, 1.807) is 38.2 Å². The van der Waals surface area contributed by atoms with Crippen molar-refractivity contribution in [3.8, 4) is 0 Å². The van der Waals surface area contributed by atoms with Crippen molar-refractivity contribution in [2.24, 2.45) is 7.05 Å². The summed E-state index contributed by atoms with van der Waals surface area (Å²) in [5, 5.41) is 9.73. The van der Waals surface area contributed by atoms with Gasteiger partial charge in [0.15, 0.2) is 0 Å². The van der Waals surface area contributed by atoms with Crippen molar-refractivity contribution < 1.29 is 14.3 Å². The second-order valence-electron chi connectivity index (χ2n) is 4.34. The number of anilines is 2. The molecule has 0 saturated carbocycles. The van der Waals surface area contributed by atoms with Gasteiger partial charge in [-0.2, -0.15) is 5.10 Å². The van der Waals surface area contributed by atoms with E-state index in [0.29, 0.717) is 10.7 Å². The molecule has 1 heterocycles. The van der Waals surface area contributed by atoms with Gasteiger partial charge in [-0.05, 0) is 31.2 Å². The van der Waals surface area contributed by atoms with E-state index in [1.807, 2.05) is 0 Å². The Morgan fingerprint density at radius 3 is 2.59 bits per heavy atom. The van der Waals surface area contributed by atoms with Gasteiger partial charge in [0.2, 0.25) is 0 Å². The number of hydrogen-bond acceptors (Lipinski definition) is 4. The second kappa shape index (κ2) is 6.95. The Morgan fingerprint density at radius 2 is 1.95 bits per heavy atom. The Balaban J connectivity index is 2.09. The molecule has 0 aliphatic carbocycles. The van der Waals surface area contributed by atoms with Gasteiger partial charge in [0.1, 0.15) is 11.4 Å². The van der Waals surface area contributed by atoms with Gasteiger partial charge in [-0.3, -0.25) is 10.00 Å². The first-order valence-corrected chi connectivity index (χ1v) is 6.91. The van der Waals surface area contributed by atoms with Gasteiger partial charge in [-0.15, -0.1) is 0 Å². The SMILES string of the molecule is CCOC(=O)c1cnn(C)c1NC(=O)Nc1ccc(Cl)cc1. The molecule has 8 heteroatoms. The molecule has 0 radical (unpaired) electrons. The van der Waals surface area contributed by atoms with Crippen molar-refractivity contribution in [3.63, 3.8) is 0 Å². The number of ether oxygens (including phenoxy) is 1. The number of carbonyl (C=O) groups is 2. The van der Waals surface area contributed by atoms with Gasteiger partial charge < -0.3 is 10.1 Å². The number of amides is 2. The molecule has 0 aliphatic rings. The van der Waals surface area contributed by atoms with Crippen molar-refractivity contribution in [2.75, 3.05) is 17.2 Å². The summed E-state index contributed by atoms with van der Waals surface area (Å²) in [6.07, 6.45) is 1.34. The second-order valence-corrected chi connectivity index (χ2v) is 4.77. The fourth-order valence-electron chi connectivity index (χ4n) is 1.75. The highest BCUT2D eigenvalue weighted by Gasteiger charge is 2.19. The lowest BCUT2D eigenvalue weighted by Crippen LogP contribution is -2.22. The third-order valence-corrected chi connectivity index (χ3v) is 3.02. The van der Waals surface area contributed by atoms with E-state index in [2.05, 4.69) is 15.7 Å². The molecule has 1 aromatic heterocycles. The van der Waals surface area contributed by atoms with E-state index in [-0.39, 0.29) is 18.0 Å². The van der Waals surface area contributed by atoms with E-state index >= 15 is 0 Å². The number of halogens is 1. The number of hydrogen-bond donors (Lipinski definition) is 2. The van der Waals surface area contributed by atoms with Crippen LogP contribution in [0.5, 0.6) is 0 Å². The Labute approximate surface area is 132 Å². The summed E-state index contributed by atoms with van der Waals surface area (Å²) in [6.45, 7) is 1.94. The molecule has 2 N–H and O–H groups in total. The summed E-state index contributed by atoms with van der Waals surface area (Å²) >= 11 is 5.78. The number of nitrogens with one attached hydrogen (secondary N) is 2. The maximum atomic E-state index is 12.0. The molecule has 0 spiro atoms. The number of benzene rings is 1. The topological polar surface area (TPSA) is 85.2 Å². The zero-order valence-electron chi connectivity index (χ0n) is 12.1. The quantitative estimate of drug-likeness (QED) is 0.847. The van der Waals surface area contributed by atoms with Crippen LogP contribution >= 0.6 is 11.6 Å². The average molecular weight is 323 g/mol. The molecule has 0 aliphatic heterocycles. The lowest BCUT2D eigenvalue weighted by molar-refractivity contribution is 0.0527. The van der Waals surface area contributed by atoms with Crippen LogP contribution in [-0.4, -0.2) is 28.4 Å². The molecular formula is C14H15ClN4O3. The Morgan fingerprint density at radius 1 is 1.27 bits per heavy atom. The normalized spacial score (nSPS) is 10.1. The highest BCUT2D eigenvalue weighted by atomic mass is 35.5. The Hall–Kier alpha value is -2.54. The van der Waals surface area contributed by atoms with Crippen molar-refractivity contribution in [2.45, 2.75) is 6.92 Å². The smallest absolute Gasteiger partial charge is 0.343 e. The molecule has 1 aromatic carbocycles. The van der Waals surface area contributed by atoms with Crippen molar-refractivity contribution in [1.29, 1.82) is 0 Å². The van der Waals surface area contributed by atoms with Crippen molar-refractivity contribution in [3.05, 3.63) is 41.0 Å². The van der Waals surface area contributed by atoms with Crippen LogP contribution in [0.15, 0.2) is 30.5 Å². The van der Waals surface area contributed by atoms with Crippen molar-refractivity contribution in [1.82, 2.24) is 9.78 Å². The zero-order valence-corrected chi connectivity index (χ0v) is 12.8. The van der Waals surface area contributed by atoms with Gasteiger partial charge in [0.05, 0.1) is 12.8 Å². The lowest BCUT2D eigenvalue weighted by atomic mass is 10.3. The molecular weight excluding hydrogens is 308 g/mol. The molecule has 0 unspecified atom stereocenters. The summed E-state index contributed by atoms with van der Waals surface area (Å²) in [7, 11) is 1.61. The minimum absolute atomic E-state index is 0.190. The number of rotatable bonds is 4. The first kappa shape index (κ1) is 15.8. The third-order valence-electron chi connectivity index (χ3n) is 2.77. The zero-order chi connectivity index (χ0) is 16.1. The Kier molecular flexibility index (Phi) is 5.00. The largest absolute Gasteiger partial charge is 0.462 e. The maximum Gasteiger partial charge on any atom is 0.343 e. The van der Waals surface area contributed by atoms with Gasteiger partial charge in [0.25, 0.3) is 0 Å². The van der Waals surface area contributed by atoms with Crippen LogP contribution in [0.2, 0.25) is 5.02 Å². The van der Waals surface area contributed by atoms with Gasteiger partial charge in [-0.1, -0.05) is 11.6 Å². The average Bonchev–Trinajstić information content (AvgIpc) is 2.83. The van der Waals surface area contributed by atoms with Gasteiger partial charge in [-0.25, -0.2) is 9.59 Å². The van der Waals surface area contributed by atoms with Gasteiger partial charge >= 0.3 is 12.0 Å². The molecule has 0 atom stereocenters. The molecule has 0 saturated heterocycles. The van der Waals surface area contributed by atoms with Crippen LogP contribution in [0.25, 0.3) is 0 Å². The summed E-state index contributed by atoms with van der Waals surface area (Å²) in [6, 6.07) is 6.14. The summed E-state index contributed by atoms with van der Waals surface area (Å²) < 4.78 is 6.30. The maximum absolute atomic E-state index is 12.0. The fraction of sp³-hybridized carbons (Fsp3) is 0.214. The van der Waals surface area contributed by atoms with E-state index in [9.17, 15) is 9.59 Å². The van der Waals surface area contributed by atoms with E-state index in [1.165, 1.54) is 10.9 Å². The minimum atomic E-state index is -0.544. The highest BCUT2D eigenvalue weighted by molar-refractivity contribution is 6.30. The van der Waals surface area contributed by atoms with Crippen LogP contribution < -0.4 is 10.6 Å². The van der Waals surface area contributed by atoms with Crippen LogP contribution in [0.1, 0.15) is 17.3 Å². The fourth-order valence-corrected chi connectivity index (χ4v) is 1.87. The van der Waals surface area contributed by atoms with Crippen molar-refractivity contribution >= 4 is 35.1 Å². The van der Waals surface area contributed by atoms with Crippen LogP contribution in [0.4, 0.5) is 16.3 Å². The number of urea groups is 1. The first-order chi connectivity index (χ1) is 10.5. The van der Waals surface area contributed by atoms with E-state index in [0.717, 1.165) is 0 Å². The molecule has 2 rings (SSSR count). The number of aryl methyl sites for hydroxylation is 1. The van der Waals surface area contributed by atoms with E-state index < -0.39 is 12.0 Å². The Bertz CT molecular complexity index is 682. The monoisotopic (exact) mass is 322 g/mol.